The maximum atomic E-state index is 6.17. The third-order valence-corrected chi connectivity index (χ3v) is 3.89. The quantitative estimate of drug-likeness (QED) is 0.787. The van der Waals surface area contributed by atoms with Crippen LogP contribution in [0.5, 0.6) is 0 Å². The Bertz CT molecular complexity index is 381. The number of rotatable bonds is 6. The average molecular weight is 248 g/mol. The molecule has 18 heavy (non-hydrogen) atoms. The molecule has 0 bridgehead atoms. The first-order valence-electron chi connectivity index (χ1n) is 6.75. The minimum absolute atomic E-state index is 0.545. The number of benzene rings is 1. The second-order valence-corrected chi connectivity index (χ2v) is 5.28. The lowest BCUT2D eigenvalue weighted by Gasteiger charge is -2.33. The molecule has 1 aromatic rings. The summed E-state index contributed by atoms with van der Waals surface area (Å²) in [6.07, 6.45) is 2.69. The zero-order chi connectivity index (χ0) is 13.1. The predicted octanol–water partition coefficient (Wildman–Crippen LogP) is 2.83. The summed E-state index contributed by atoms with van der Waals surface area (Å²) in [4.78, 5) is 2.42. The molecule has 1 aliphatic carbocycles. The third-order valence-electron chi connectivity index (χ3n) is 3.89. The molecule has 1 saturated carbocycles. The Hall–Kier alpha value is -1.22. The summed E-state index contributed by atoms with van der Waals surface area (Å²) in [5.41, 5.74) is 9.48. The van der Waals surface area contributed by atoms with Crippen LogP contribution in [0, 0.1) is 12.8 Å². The molecular weight excluding hydrogens is 224 g/mol. The molecule has 1 unspecified atom stereocenters. The van der Waals surface area contributed by atoms with Crippen LogP contribution in [-0.2, 0) is 4.74 Å². The molecule has 0 aromatic heterocycles. The smallest absolute Gasteiger partial charge is 0.0637 e. The first-order valence-corrected chi connectivity index (χ1v) is 6.75. The number of nitrogens with zero attached hydrogens (tertiary/aromatic N) is 1. The minimum Gasteiger partial charge on any atom is -0.397 e. The molecule has 0 heterocycles. The van der Waals surface area contributed by atoms with Crippen LogP contribution >= 0.6 is 0 Å². The van der Waals surface area contributed by atoms with Crippen LogP contribution in [0.2, 0.25) is 0 Å². The number of hydrogen-bond acceptors (Lipinski definition) is 3. The van der Waals surface area contributed by atoms with Gasteiger partial charge in [-0.2, -0.15) is 0 Å². The van der Waals surface area contributed by atoms with E-state index in [1.54, 1.807) is 7.11 Å². The molecule has 0 spiro atoms. The van der Waals surface area contributed by atoms with E-state index in [0.717, 1.165) is 24.8 Å². The standard InChI is InChI=1S/C15H24N2O/c1-11-5-4-6-14(16)15(11)17(9-10-18-3)12(2)13-7-8-13/h4-6,12-13H,7-10,16H2,1-3H3. The first-order chi connectivity index (χ1) is 8.65. The Kier molecular flexibility index (Phi) is 4.12. The van der Waals surface area contributed by atoms with Gasteiger partial charge in [-0.05, 0) is 44.2 Å². The van der Waals surface area contributed by atoms with E-state index in [9.17, 15) is 0 Å². The van der Waals surface area contributed by atoms with Gasteiger partial charge in [0.05, 0.1) is 18.0 Å². The highest BCUT2D eigenvalue weighted by Gasteiger charge is 2.33. The molecule has 100 valence electrons. The zero-order valence-electron chi connectivity index (χ0n) is 11.6. The normalized spacial score (nSPS) is 16.6. The molecular formula is C15H24N2O. The summed E-state index contributed by atoms with van der Waals surface area (Å²) in [5, 5.41) is 0. The Balaban J connectivity index is 2.26. The third kappa shape index (κ3) is 2.78. The second-order valence-electron chi connectivity index (χ2n) is 5.28. The van der Waals surface area contributed by atoms with Crippen molar-refractivity contribution in [1.82, 2.24) is 0 Å². The summed E-state index contributed by atoms with van der Waals surface area (Å²) in [6.45, 7) is 6.08. The SMILES string of the molecule is COCCN(c1c(C)cccc1N)C(C)C1CC1. The van der Waals surface area contributed by atoms with E-state index in [1.807, 2.05) is 12.1 Å². The molecule has 0 aliphatic heterocycles. The van der Waals surface area contributed by atoms with Crippen LogP contribution in [0.1, 0.15) is 25.3 Å². The highest BCUT2D eigenvalue weighted by atomic mass is 16.5. The Morgan fingerprint density at radius 3 is 2.72 bits per heavy atom. The minimum atomic E-state index is 0.545. The van der Waals surface area contributed by atoms with Crippen LogP contribution in [-0.4, -0.2) is 26.3 Å². The maximum absolute atomic E-state index is 6.17. The summed E-state index contributed by atoms with van der Waals surface area (Å²) < 4.78 is 5.24. The van der Waals surface area contributed by atoms with Crippen molar-refractivity contribution in [2.75, 3.05) is 30.9 Å². The number of anilines is 2. The van der Waals surface area contributed by atoms with Crippen molar-refractivity contribution in [3.63, 3.8) is 0 Å². The molecule has 2 rings (SSSR count). The van der Waals surface area contributed by atoms with Gasteiger partial charge in [0, 0.05) is 19.7 Å². The highest BCUT2D eigenvalue weighted by Crippen LogP contribution is 2.39. The summed E-state index contributed by atoms with van der Waals surface area (Å²) in [5.74, 6) is 0.820. The lowest BCUT2D eigenvalue weighted by atomic mass is 10.1. The van der Waals surface area contributed by atoms with E-state index in [1.165, 1.54) is 24.1 Å². The maximum Gasteiger partial charge on any atom is 0.0637 e. The van der Waals surface area contributed by atoms with Crippen LogP contribution in [0.3, 0.4) is 0 Å². The number of aryl methyl sites for hydroxylation is 1. The number of para-hydroxylation sites is 1. The van der Waals surface area contributed by atoms with Crippen LogP contribution in [0.15, 0.2) is 18.2 Å². The van der Waals surface area contributed by atoms with Crippen molar-refractivity contribution in [3.05, 3.63) is 23.8 Å². The Morgan fingerprint density at radius 2 is 2.17 bits per heavy atom. The van der Waals surface area contributed by atoms with Crippen molar-refractivity contribution in [1.29, 1.82) is 0 Å². The first kappa shape index (κ1) is 13.2. The fourth-order valence-corrected chi connectivity index (χ4v) is 2.62. The number of ether oxygens (including phenoxy) is 1. The molecule has 1 fully saturated rings. The van der Waals surface area contributed by atoms with Crippen molar-refractivity contribution in [2.24, 2.45) is 5.92 Å². The lowest BCUT2D eigenvalue weighted by molar-refractivity contribution is 0.202. The van der Waals surface area contributed by atoms with Crippen LogP contribution in [0.4, 0.5) is 11.4 Å². The second kappa shape index (κ2) is 5.61. The van der Waals surface area contributed by atoms with Crippen LogP contribution < -0.4 is 10.6 Å². The molecule has 1 atom stereocenters. The van der Waals surface area contributed by atoms with Gasteiger partial charge in [-0.1, -0.05) is 12.1 Å². The molecule has 3 nitrogen and oxygen atoms in total. The molecule has 3 heteroatoms. The summed E-state index contributed by atoms with van der Waals surface area (Å²) in [6, 6.07) is 6.68. The van der Waals surface area contributed by atoms with Gasteiger partial charge in [0.25, 0.3) is 0 Å². The topological polar surface area (TPSA) is 38.5 Å². The summed E-state index contributed by atoms with van der Waals surface area (Å²) >= 11 is 0. The highest BCUT2D eigenvalue weighted by molar-refractivity contribution is 5.71. The lowest BCUT2D eigenvalue weighted by Crippen LogP contribution is -2.38. The molecule has 1 aliphatic rings. The molecule has 0 amide bonds. The van der Waals surface area contributed by atoms with Crippen molar-refractivity contribution >= 4 is 11.4 Å². The summed E-state index contributed by atoms with van der Waals surface area (Å²) in [7, 11) is 1.75. The number of methoxy groups -OCH3 is 1. The monoisotopic (exact) mass is 248 g/mol. The fraction of sp³-hybridized carbons (Fsp3) is 0.600. The number of nitrogens with two attached hydrogens (primary N) is 1. The molecule has 0 saturated heterocycles. The molecule has 2 N–H and O–H groups in total. The molecule has 0 radical (unpaired) electrons. The van der Waals surface area contributed by atoms with Gasteiger partial charge in [0.15, 0.2) is 0 Å². The largest absolute Gasteiger partial charge is 0.397 e. The van der Waals surface area contributed by atoms with Gasteiger partial charge in [0.1, 0.15) is 0 Å². The van der Waals surface area contributed by atoms with Gasteiger partial charge in [-0.15, -0.1) is 0 Å². The zero-order valence-corrected chi connectivity index (χ0v) is 11.6. The van der Waals surface area contributed by atoms with E-state index < -0.39 is 0 Å². The van der Waals surface area contributed by atoms with E-state index in [2.05, 4.69) is 24.8 Å². The van der Waals surface area contributed by atoms with Crippen LogP contribution in [0.25, 0.3) is 0 Å². The predicted molar refractivity (Wildman–Crippen MR) is 77.0 cm³/mol. The molecule has 1 aromatic carbocycles. The Morgan fingerprint density at radius 1 is 1.44 bits per heavy atom. The van der Waals surface area contributed by atoms with Gasteiger partial charge >= 0.3 is 0 Å². The van der Waals surface area contributed by atoms with Crippen molar-refractivity contribution in [3.8, 4) is 0 Å². The van der Waals surface area contributed by atoms with E-state index in [0.29, 0.717) is 6.04 Å². The average Bonchev–Trinajstić information content (AvgIpc) is 3.16. The number of hydrogen-bond donors (Lipinski definition) is 1. The van der Waals surface area contributed by atoms with Gasteiger partial charge in [0.2, 0.25) is 0 Å². The van der Waals surface area contributed by atoms with Gasteiger partial charge in [-0.25, -0.2) is 0 Å². The van der Waals surface area contributed by atoms with Crippen molar-refractivity contribution in [2.45, 2.75) is 32.7 Å². The van der Waals surface area contributed by atoms with Gasteiger partial charge < -0.3 is 15.4 Å². The van der Waals surface area contributed by atoms with E-state index in [-0.39, 0.29) is 0 Å². The number of nitrogen functional groups attached to an aromatic ring is 1. The van der Waals surface area contributed by atoms with Crippen molar-refractivity contribution < 1.29 is 4.74 Å². The van der Waals surface area contributed by atoms with E-state index in [4.69, 9.17) is 10.5 Å². The van der Waals surface area contributed by atoms with Gasteiger partial charge in [-0.3, -0.25) is 0 Å². The Labute approximate surface area is 110 Å². The fourth-order valence-electron chi connectivity index (χ4n) is 2.62. The van der Waals surface area contributed by atoms with E-state index >= 15 is 0 Å².